The van der Waals surface area contributed by atoms with Crippen LogP contribution in [-0.4, -0.2) is 48.0 Å². The Morgan fingerprint density at radius 3 is 2.84 bits per heavy atom. The molecule has 2 heterocycles. The lowest BCUT2D eigenvalue weighted by Crippen LogP contribution is -2.19. The zero-order chi connectivity index (χ0) is 17.8. The number of pyridine rings is 1. The molecule has 0 saturated carbocycles. The predicted octanol–water partition coefficient (Wildman–Crippen LogP) is 3.06. The fraction of sp³-hybridized carbons (Fsp3) is 0.263. The molecule has 0 aliphatic rings. The second kappa shape index (κ2) is 7.36. The number of anilines is 1. The number of benzene rings is 1. The lowest BCUT2D eigenvalue weighted by Gasteiger charge is -2.13. The molecule has 0 unspecified atom stereocenters. The highest BCUT2D eigenvalue weighted by Gasteiger charge is 2.11. The summed E-state index contributed by atoms with van der Waals surface area (Å²) in [4.78, 5) is 21.7. The Morgan fingerprint density at radius 2 is 2.12 bits per heavy atom. The molecule has 1 aromatic carbocycles. The molecule has 1 amide bonds. The number of aryl methyl sites for hydroxylation is 1. The van der Waals surface area contributed by atoms with Crippen molar-refractivity contribution in [1.29, 1.82) is 0 Å². The zero-order valence-electron chi connectivity index (χ0n) is 14.7. The van der Waals surface area contributed by atoms with E-state index in [1.54, 1.807) is 12.3 Å². The fourth-order valence-electron chi connectivity index (χ4n) is 2.51. The van der Waals surface area contributed by atoms with Gasteiger partial charge in [-0.1, -0.05) is 0 Å². The Hall–Kier alpha value is -2.86. The maximum atomic E-state index is 12.4. The molecule has 0 aliphatic carbocycles. The van der Waals surface area contributed by atoms with E-state index in [0.717, 1.165) is 28.9 Å². The summed E-state index contributed by atoms with van der Waals surface area (Å²) in [6, 6.07) is 11.2. The first-order chi connectivity index (χ1) is 12.0. The second-order valence-corrected chi connectivity index (χ2v) is 6.21. The number of H-pyrrole nitrogens is 1. The van der Waals surface area contributed by atoms with Gasteiger partial charge in [-0.15, -0.1) is 0 Å². The number of amides is 1. The molecule has 0 radical (unpaired) electrons. The van der Waals surface area contributed by atoms with Gasteiger partial charge < -0.3 is 19.9 Å². The third kappa shape index (κ3) is 4.16. The lowest BCUT2D eigenvalue weighted by atomic mass is 10.2. The minimum absolute atomic E-state index is 0.196. The molecule has 25 heavy (non-hydrogen) atoms. The smallest absolute Gasteiger partial charge is 0.272 e. The maximum Gasteiger partial charge on any atom is 0.272 e. The highest BCUT2D eigenvalue weighted by molar-refractivity contribution is 6.05. The van der Waals surface area contributed by atoms with Crippen molar-refractivity contribution in [1.82, 2.24) is 14.9 Å². The number of fused-ring (bicyclic) bond motifs is 1. The van der Waals surface area contributed by atoms with Gasteiger partial charge in [0.05, 0.1) is 0 Å². The molecule has 0 aliphatic heterocycles. The number of rotatable bonds is 6. The summed E-state index contributed by atoms with van der Waals surface area (Å²) in [5.74, 6) is 0.633. The van der Waals surface area contributed by atoms with E-state index in [1.807, 2.05) is 51.4 Å². The van der Waals surface area contributed by atoms with E-state index in [-0.39, 0.29) is 5.91 Å². The average Bonchev–Trinajstić information content (AvgIpc) is 3.01. The number of carbonyl (C=O) groups excluding carboxylic acids is 1. The molecule has 2 aromatic heterocycles. The number of aromatic amines is 1. The van der Waals surface area contributed by atoms with Crippen LogP contribution in [0.15, 0.2) is 42.6 Å². The van der Waals surface area contributed by atoms with Gasteiger partial charge in [0.15, 0.2) is 0 Å². The predicted molar refractivity (Wildman–Crippen MR) is 99.3 cm³/mol. The van der Waals surface area contributed by atoms with Gasteiger partial charge in [0, 0.05) is 23.8 Å². The Labute approximate surface area is 146 Å². The minimum Gasteiger partial charge on any atom is -0.492 e. The first-order valence-corrected chi connectivity index (χ1v) is 8.16. The molecule has 0 atom stereocenters. The van der Waals surface area contributed by atoms with Gasteiger partial charge in [-0.3, -0.25) is 4.79 Å². The Morgan fingerprint density at radius 1 is 1.28 bits per heavy atom. The first kappa shape index (κ1) is 17.0. The highest BCUT2D eigenvalue weighted by atomic mass is 16.5. The van der Waals surface area contributed by atoms with Crippen molar-refractivity contribution in [3.63, 3.8) is 0 Å². The third-order valence-electron chi connectivity index (χ3n) is 3.87. The Balaban J connectivity index is 1.67. The van der Waals surface area contributed by atoms with Crippen LogP contribution in [0.25, 0.3) is 11.0 Å². The average molecular weight is 338 g/mol. The van der Waals surface area contributed by atoms with E-state index >= 15 is 0 Å². The van der Waals surface area contributed by atoms with Crippen LogP contribution < -0.4 is 10.1 Å². The summed E-state index contributed by atoms with van der Waals surface area (Å²) in [5, 5.41) is 3.81. The van der Waals surface area contributed by atoms with Crippen molar-refractivity contribution in [2.45, 2.75) is 6.92 Å². The van der Waals surface area contributed by atoms with Gasteiger partial charge in [-0.2, -0.15) is 0 Å². The van der Waals surface area contributed by atoms with Gasteiger partial charge in [0.1, 0.15) is 23.7 Å². The Kier molecular flexibility index (Phi) is 5.00. The highest BCUT2D eigenvalue weighted by Crippen LogP contribution is 2.22. The summed E-state index contributed by atoms with van der Waals surface area (Å²) in [5.41, 5.74) is 2.90. The number of hydrogen-bond donors (Lipinski definition) is 2. The number of nitrogens with one attached hydrogen (secondary N) is 2. The van der Waals surface area contributed by atoms with Crippen LogP contribution in [0.4, 0.5) is 5.69 Å². The number of ether oxygens (including phenoxy) is 1. The molecule has 0 fully saturated rings. The lowest BCUT2D eigenvalue weighted by molar-refractivity contribution is 0.102. The quantitative estimate of drug-likeness (QED) is 0.725. The van der Waals surface area contributed by atoms with Crippen LogP contribution >= 0.6 is 0 Å². The molecule has 6 heteroatoms. The van der Waals surface area contributed by atoms with E-state index in [9.17, 15) is 4.79 Å². The normalized spacial score (nSPS) is 11.0. The molecule has 2 N–H and O–H groups in total. The topological polar surface area (TPSA) is 70.2 Å². The van der Waals surface area contributed by atoms with E-state index in [4.69, 9.17) is 4.74 Å². The molecule has 0 spiro atoms. The molecule has 6 nitrogen and oxygen atoms in total. The van der Waals surface area contributed by atoms with Crippen molar-refractivity contribution < 1.29 is 9.53 Å². The summed E-state index contributed by atoms with van der Waals surface area (Å²) in [6.07, 6.45) is 1.69. The van der Waals surface area contributed by atoms with Crippen LogP contribution in [0.2, 0.25) is 0 Å². The largest absolute Gasteiger partial charge is 0.492 e. The first-order valence-electron chi connectivity index (χ1n) is 8.16. The summed E-state index contributed by atoms with van der Waals surface area (Å²) >= 11 is 0. The van der Waals surface area contributed by atoms with Gasteiger partial charge in [-0.05, 0) is 63.0 Å². The SMILES string of the molecule is Cc1cc(NC(=O)c2cc3cccnc3[nH]2)ccc1OCCN(C)C. The summed E-state index contributed by atoms with van der Waals surface area (Å²) in [7, 11) is 4.02. The van der Waals surface area contributed by atoms with Crippen LogP contribution in [0, 0.1) is 6.92 Å². The van der Waals surface area contributed by atoms with Crippen molar-refractivity contribution in [2.24, 2.45) is 0 Å². The van der Waals surface area contributed by atoms with Gasteiger partial charge >= 0.3 is 0 Å². The molecule has 3 aromatic rings. The number of hydrogen-bond acceptors (Lipinski definition) is 4. The molecular formula is C19H22N4O2. The van der Waals surface area contributed by atoms with Crippen LogP contribution in [-0.2, 0) is 0 Å². The van der Waals surface area contributed by atoms with Crippen molar-refractivity contribution >= 4 is 22.6 Å². The summed E-state index contributed by atoms with van der Waals surface area (Å²) in [6.45, 7) is 3.45. The van der Waals surface area contributed by atoms with Crippen molar-refractivity contribution in [3.8, 4) is 5.75 Å². The van der Waals surface area contributed by atoms with E-state index in [0.29, 0.717) is 17.9 Å². The van der Waals surface area contributed by atoms with Crippen LogP contribution in [0.1, 0.15) is 16.1 Å². The van der Waals surface area contributed by atoms with Crippen LogP contribution in [0.3, 0.4) is 0 Å². The monoisotopic (exact) mass is 338 g/mol. The maximum absolute atomic E-state index is 12.4. The van der Waals surface area contributed by atoms with Gasteiger partial charge in [0.2, 0.25) is 0 Å². The van der Waals surface area contributed by atoms with Gasteiger partial charge in [-0.25, -0.2) is 4.98 Å². The third-order valence-corrected chi connectivity index (χ3v) is 3.87. The molecular weight excluding hydrogens is 316 g/mol. The molecule has 0 bridgehead atoms. The van der Waals surface area contributed by atoms with Crippen molar-refractivity contribution in [3.05, 3.63) is 53.9 Å². The van der Waals surface area contributed by atoms with Crippen molar-refractivity contribution in [2.75, 3.05) is 32.6 Å². The number of carbonyl (C=O) groups is 1. The minimum atomic E-state index is -0.196. The second-order valence-electron chi connectivity index (χ2n) is 6.21. The van der Waals surface area contributed by atoms with E-state index in [1.165, 1.54) is 0 Å². The van der Waals surface area contributed by atoms with Crippen LogP contribution in [0.5, 0.6) is 5.75 Å². The number of nitrogens with zero attached hydrogens (tertiary/aromatic N) is 2. The van der Waals surface area contributed by atoms with E-state index < -0.39 is 0 Å². The van der Waals surface area contributed by atoms with Gasteiger partial charge in [0.25, 0.3) is 5.91 Å². The number of aromatic nitrogens is 2. The zero-order valence-corrected chi connectivity index (χ0v) is 14.7. The molecule has 3 rings (SSSR count). The summed E-state index contributed by atoms with van der Waals surface area (Å²) < 4.78 is 5.76. The standard InChI is InChI=1S/C19H22N4O2/c1-13-11-15(6-7-17(13)25-10-9-23(2)3)21-19(24)16-12-14-5-4-8-20-18(14)22-16/h4-8,11-12H,9-10H2,1-3H3,(H,20,22)(H,21,24). The van der Waals surface area contributed by atoms with E-state index in [2.05, 4.69) is 20.2 Å². The molecule has 130 valence electrons. The molecule has 0 saturated heterocycles. The fourth-order valence-corrected chi connectivity index (χ4v) is 2.51. The number of likely N-dealkylation sites (N-methyl/N-ethyl adjacent to an activating group) is 1. The Bertz CT molecular complexity index is 853.